The molecule has 3 atom stereocenters. The molecule has 6 nitrogen and oxygen atoms in total. The van der Waals surface area contributed by atoms with Crippen molar-refractivity contribution in [2.45, 2.75) is 42.8 Å². The molecule has 204 valence electrons. The van der Waals surface area contributed by atoms with E-state index in [1.54, 1.807) is 0 Å². The van der Waals surface area contributed by atoms with Gasteiger partial charge >= 0.3 is 0 Å². The van der Waals surface area contributed by atoms with Gasteiger partial charge < -0.3 is 16.0 Å². The van der Waals surface area contributed by atoms with E-state index in [2.05, 4.69) is 64.1 Å². The van der Waals surface area contributed by atoms with Crippen LogP contribution in [0.3, 0.4) is 0 Å². The molecule has 2 amide bonds. The Kier molecular flexibility index (Phi) is 7.37. The molecule has 6 rings (SSSR count). The standard InChI is InChI=1S/C34H36N4O2/c35-19-9-16-30-33(40)38(22-29(25-11-3-1-4-12-25)26-13-5-2-6-14-26)31-21-34(31,37-30)23-36-32(39)28-18-17-24-10-7-8-15-27(24)20-28/h1-8,10-15,17-18,20,29-31,37H,9,16,19,21-23,35H2,(H,36,39)/t30-,31-,34-/m0/s1. The Balaban J connectivity index is 1.23. The summed E-state index contributed by atoms with van der Waals surface area (Å²) in [5.74, 6) is 0.0929. The summed E-state index contributed by atoms with van der Waals surface area (Å²) in [4.78, 5) is 29.1. The Morgan fingerprint density at radius 1 is 0.925 bits per heavy atom. The molecule has 0 aromatic heterocycles. The smallest absolute Gasteiger partial charge is 0.251 e. The minimum Gasteiger partial charge on any atom is -0.350 e. The van der Waals surface area contributed by atoms with Crippen LogP contribution in [0.15, 0.2) is 103 Å². The molecule has 4 N–H and O–H groups in total. The third-order valence-electron chi connectivity index (χ3n) is 8.51. The van der Waals surface area contributed by atoms with Gasteiger partial charge in [-0.25, -0.2) is 0 Å². The Morgan fingerprint density at radius 2 is 1.57 bits per heavy atom. The van der Waals surface area contributed by atoms with Crippen LogP contribution >= 0.6 is 0 Å². The summed E-state index contributed by atoms with van der Waals surface area (Å²) in [6, 6.07) is 34.4. The van der Waals surface area contributed by atoms with Gasteiger partial charge in [0.25, 0.3) is 5.91 Å². The Hall–Kier alpha value is -4.00. The van der Waals surface area contributed by atoms with Crippen molar-refractivity contribution in [3.05, 3.63) is 120 Å². The van der Waals surface area contributed by atoms with E-state index in [4.69, 9.17) is 5.73 Å². The molecule has 4 aromatic rings. The highest BCUT2D eigenvalue weighted by Gasteiger charge is 2.63. The molecule has 0 unspecified atom stereocenters. The van der Waals surface area contributed by atoms with Gasteiger partial charge in [0.05, 0.1) is 17.6 Å². The average molecular weight is 533 g/mol. The predicted octanol–water partition coefficient (Wildman–Crippen LogP) is 4.45. The average Bonchev–Trinajstić information content (AvgIpc) is 3.73. The minimum atomic E-state index is -0.336. The van der Waals surface area contributed by atoms with Crippen molar-refractivity contribution < 1.29 is 9.59 Å². The number of nitrogens with two attached hydrogens (primary N) is 1. The van der Waals surface area contributed by atoms with Crippen LogP contribution in [0.25, 0.3) is 10.8 Å². The first-order valence-corrected chi connectivity index (χ1v) is 14.2. The second-order valence-corrected chi connectivity index (χ2v) is 11.1. The van der Waals surface area contributed by atoms with Crippen molar-refractivity contribution in [1.82, 2.24) is 15.5 Å². The number of carbonyl (C=O) groups excluding carboxylic acids is 2. The molecule has 2 fully saturated rings. The first-order chi connectivity index (χ1) is 19.6. The molecule has 6 heteroatoms. The maximum absolute atomic E-state index is 13.8. The van der Waals surface area contributed by atoms with E-state index in [1.807, 2.05) is 54.6 Å². The number of benzene rings is 4. The van der Waals surface area contributed by atoms with Crippen molar-refractivity contribution in [2.75, 3.05) is 19.6 Å². The summed E-state index contributed by atoms with van der Waals surface area (Å²) >= 11 is 0. The highest BCUT2D eigenvalue weighted by atomic mass is 16.2. The summed E-state index contributed by atoms with van der Waals surface area (Å²) in [6.07, 6.45) is 2.26. The zero-order valence-electron chi connectivity index (χ0n) is 22.6. The number of nitrogens with zero attached hydrogens (tertiary/aromatic N) is 1. The summed E-state index contributed by atoms with van der Waals surface area (Å²) < 4.78 is 0. The lowest BCUT2D eigenvalue weighted by Crippen LogP contribution is -2.63. The van der Waals surface area contributed by atoms with Crippen LogP contribution in [-0.2, 0) is 4.79 Å². The van der Waals surface area contributed by atoms with Gasteiger partial charge in [0.2, 0.25) is 5.91 Å². The van der Waals surface area contributed by atoms with E-state index in [0.717, 1.165) is 23.6 Å². The van der Waals surface area contributed by atoms with E-state index in [9.17, 15) is 9.59 Å². The summed E-state index contributed by atoms with van der Waals surface area (Å²) in [6.45, 7) is 1.60. The van der Waals surface area contributed by atoms with Gasteiger partial charge in [-0.3, -0.25) is 14.9 Å². The number of rotatable bonds is 10. The van der Waals surface area contributed by atoms with E-state index in [1.165, 1.54) is 11.1 Å². The van der Waals surface area contributed by atoms with Gasteiger partial charge in [0, 0.05) is 24.6 Å². The topological polar surface area (TPSA) is 87.5 Å². The van der Waals surface area contributed by atoms with Crippen LogP contribution in [0.2, 0.25) is 0 Å². The molecular formula is C34H36N4O2. The lowest BCUT2D eigenvalue weighted by Gasteiger charge is -2.40. The highest BCUT2D eigenvalue weighted by molar-refractivity contribution is 5.98. The second kappa shape index (κ2) is 11.2. The molecule has 0 radical (unpaired) electrons. The summed E-state index contributed by atoms with van der Waals surface area (Å²) in [5.41, 5.74) is 8.51. The zero-order valence-corrected chi connectivity index (χ0v) is 22.6. The molecule has 1 aliphatic carbocycles. The minimum absolute atomic E-state index is 0.0287. The molecule has 4 aromatic carbocycles. The number of fused-ring (bicyclic) bond motifs is 2. The van der Waals surface area contributed by atoms with Crippen molar-refractivity contribution >= 4 is 22.6 Å². The number of hydrogen-bond acceptors (Lipinski definition) is 4. The maximum Gasteiger partial charge on any atom is 0.251 e. The van der Waals surface area contributed by atoms with Crippen LogP contribution in [0.5, 0.6) is 0 Å². The first-order valence-electron chi connectivity index (χ1n) is 14.2. The molecule has 2 aliphatic rings. The highest BCUT2D eigenvalue weighted by Crippen LogP contribution is 2.45. The number of amides is 2. The molecule has 1 saturated heterocycles. The predicted molar refractivity (Wildman–Crippen MR) is 159 cm³/mol. The fraction of sp³-hybridized carbons (Fsp3) is 0.294. The van der Waals surface area contributed by atoms with Gasteiger partial charge in [0.1, 0.15) is 0 Å². The monoisotopic (exact) mass is 532 g/mol. The molecule has 40 heavy (non-hydrogen) atoms. The molecule has 1 aliphatic heterocycles. The molecule has 1 saturated carbocycles. The van der Waals surface area contributed by atoms with E-state index in [-0.39, 0.29) is 35.4 Å². The van der Waals surface area contributed by atoms with Crippen molar-refractivity contribution in [2.24, 2.45) is 5.73 Å². The number of nitrogens with one attached hydrogen (secondary N) is 2. The number of piperazine rings is 1. The van der Waals surface area contributed by atoms with Gasteiger partial charge in [-0.05, 0) is 59.8 Å². The van der Waals surface area contributed by atoms with Gasteiger partial charge in [0.15, 0.2) is 0 Å². The first kappa shape index (κ1) is 26.2. The molecule has 1 heterocycles. The molecule has 0 spiro atoms. The van der Waals surface area contributed by atoms with Gasteiger partial charge in [-0.15, -0.1) is 0 Å². The lowest BCUT2D eigenvalue weighted by atomic mass is 9.90. The maximum atomic E-state index is 13.8. The van der Waals surface area contributed by atoms with E-state index >= 15 is 0 Å². The SMILES string of the molecule is NCCC[C@@H]1N[C@]2(CNC(=O)c3ccc4ccccc4c3)C[C@@H]2N(CC(c2ccccc2)c2ccccc2)C1=O. The van der Waals surface area contributed by atoms with Crippen LogP contribution in [-0.4, -0.2) is 54.0 Å². The third kappa shape index (κ3) is 5.25. The van der Waals surface area contributed by atoms with E-state index < -0.39 is 0 Å². The zero-order chi connectivity index (χ0) is 27.5. The Bertz CT molecular complexity index is 1450. The van der Waals surface area contributed by atoms with Crippen molar-refractivity contribution in [1.29, 1.82) is 0 Å². The summed E-state index contributed by atoms with van der Waals surface area (Å²) in [7, 11) is 0. The van der Waals surface area contributed by atoms with Gasteiger partial charge in [-0.2, -0.15) is 0 Å². The normalized spacial score (nSPS) is 21.9. The Labute approximate surface area is 235 Å². The summed E-state index contributed by atoms with van der Waals surface area (Å²) in [5, 5.41) is 8.98. The number of hydrogen-bond donors (Lipinski definition) is 3. The van der Waals surface area contributed by atoms with Crippen molar-refractivity contribution in [3.8, 4) is 0 Å². The number of carbonyl (C=O) groups is 2. The van der Waals surface area contributed by atoms with Crippen molar-refractivity contribution in [3.63, 3.8) is 0 Å². The van der Waals surface area contributed by atoms with E-state index in [0.29, 0.717) is 31.6 Å². The second-order valence-electron chi connectivity index (χ2n) is 11.1. The lowest BCUT2D eigenvalue weighted by molar-refractivity contribution is -0.137. The van der Waals surface area contributed by atoms with Crippen LogP contribution in [0.4, 0.5) is 0 Å². The fourth-order valence-corrected chi connectivity index (χ4v) is 6.23. The van der Waals surface area contributed by atoms with Gasteiger partial charge in [-0.1, -0.05) is 91.0 Å². The fourth-order valence-electron chi connectivity index (χ4n) is 6.23. The molecular weight excluding hydrogens is 496 g/mol. The largest absolute Gasteiger partial charge is 0.350 e. The third-order valence-corrected chi connectivity index (χ3v) is 8.51. The van der Waals surface area contributed by atoms with Crippen LogP contribution < -0.4 is 16.4 Å². The quantitative estimate of drug-likeness (QED) is 0.282. The van der Waals surface area contributed by atoms with Crippen LogP contribution in [0.1, 0.15) is 46.7 Å². The molecule has 0 bridgehead atoms. The van der Waals surface area contributed by atoms with Crippen LogP contribution in [0, 0.1) is 0 Å². The Morgan fingerprint density at radius 3 is 2.25 bits per heavy atom.